The van der Waals surface area contributed by atoms with Crippen molar-refractivity contribution in [1.82, 2.24) is 15.3 Å². The third kappa shape index (κ3) is 4.30. The van der Waals surface area contributed by atoms with Crippen molar-refractivity contribution in [1.29, 1.82) is 0 Å². The Morgan fingerprint density at radius 2 is 2.12 bits per heavy atom. The molecule has 1 heterocycles. The minimum absolute atomic E-state index is 0.0260. The van der Waals surface area contributed by atoms with E-state index in [1.165, 1.54) is 6.42 Å². The Morgan fingerprint density at radius 3 is 2.88 bits per heavy atom. The summed E-state index contributed by atoms with van der Waals surface area (Å²) in [5.74, 6) is 1.23. The Balaban J connectivity index is 1.46. The molecule has 0 spiro atoms. The van der Waals surface area contributed by atoms with E-state index in [9.17, 15) is 9.90 Å². The number of aliphatic hydroxyl groups is 1. The Morgan fingerprint density at radius 1 is 1.38 bits per heavy atom. The summed E-state index contributed by atoms with van der Waals surface area (Å²) in [7, 11) is 0. The molecule has 1 aromatic carbocycles. The van der Waals surface area contributed by atoms with Crippen molar-refractivity contribution in [3.63, 3.8) is 0 Å². The summed E-state index contributed by atoms with van der Waals surface area (Å²) in [6, 6.07) is 7.92. The van der Waals surface area contributed by atoms with Crippen molar-refractivity contribution < 1.29 is 9.90 Å². The molecule has 6 heteroatoms. The van der Waals surface area contributed by atoms with Crippen molar-refractivity contribution in [2.45, 2.75) is 49.9 Å². The maximum Gasteiger partial charge on any atom is 0.230 e. The van der Waals surface area contributed by atoms with Crippen LogP contribution in [0.25, 0.3) is 11.0 Å². The molecule has 0 aliphatic heterocycles. The van der Waals surface area contributed by atoms with Gasteiger partial charge >= 0.3 is 0 Å². The molecule has 24 heavy (non-hydrogen) atoms. The summed E-state index contributed by atoms with van der Waals surface area (Å²) in [5.41, 5.74) is 1.26. The molecule has 0 unspecified atom stereocenters. The first-order valence-electron chi connectivity index (χ1n) is 8.61. The number of nitrogens with zero attached hydrogens (tertiary/aromatic N) is 1. The average molecular weight is 347 g/mol. The summed E-state index contributed by atoms with van der Waals surface area (Å²) in [5, 5.41) is 13.4. The molecule has 3 N–H and O–H groups in total. The molecular formula is C18H25N3O2S. The number of aromatic amines is 1. The van der Waals surface area contributed by atoms with Crippen LogP contribution < -0.4 is 5.32 Å². The summed E-state index contributed by atoms with van der Waals surface area (Å²) < 4.78 is 0. The van der Waals surface area contributed by atoms with Crippen LogP contribution in [0.4, 0.5) is 0 Å². The zero-order chi connectivity index (χ0) is 17.0. The van der Waals surface area contributed by atoms with Gasteiger partial charge in [0.2, 0.25) is 5.91 Å². The number of benzene rings is 1. The van der Waals surface area contributed by atoms with Gasteiger partial charge in [0, 0.05) is 6.54 Å². The molecule has 0 saturated heterocycles. The summed E-state index contributed by atoms with van der Waals surface area (Å²) >= 11 is 1.55. The average Bonchev–Trinajstić information content (AvgIpc) is 3.03. The molecule has 1 fully saturated rings. The van der Waals surface area contributed by atoms with Gasteiger partial charge in [-0.1, -0.05) is 31.4 Å². The smallest absolute Gasteiger partial charge is 0.230 e. The lowest BCUT2D eigenvalue weighted by Crippen LogP contribution is -2.44. The van der Waals surface area contributed by atoms with Crippen LogP contribution >= 0.6 is 11.8 Å². The third-order valence-corrected chi connectivity index (χ3v) is 5.81. The first-order chi connectivity index (χ1) is 11.6. The Bertz CT molecular complexity index is 661. The van der Waals surface area contributed by atoms with Crippen molar-refractivity contribution in [3.8, 4) is 0 Å². The van der Waals surface area contributed by atoms with E-state index in [0.717, 1.165) is 42.5 Å². The maximum absolute atomic E-state index is 12.1. The van der Waals surface area contributed by atoms with Crippen molar-refractivity contribution >= 4 is 28.7 Å². The molecule has 0 radical (unpaired) electrons. The van der Waals surface area contributed by atoms with Crippen LogP contribution in [0.1, 0.15) is 50.1 Å². The van der Waals surface area contributed by atoms with E-state index in [0.29, 0.717) is 12.3 Å². The fourth-order valence-electron chi connectivity index (χ4n) is 3.15. The van der Waals surface area contributed by atoms with Crippen LogP contribution in [0.3, 0.4) is 0 Å². The highest BCUT2D eigenvalue weighted by atomic mass is 32.2. The first-order valence-corrected chi connectivity index (χ1v) is 9.66. The number of nitrogens with one attached hydrogen (secondary N) is 2. The first kappa shape index (κ1) is 17.3. The van der Waals surface area contributed by atoms with Gasteiger partial charge in [0.05, 0.1) is 27.6 Å². The number of amides is 1. The number of imidazole rings is 1. The molecule has 1 atom stereocenters. The van der Waals surface area contributed by atoms with Gasteiger partial charge in [0.15, 0.2) is 0 Å². The van der Waals surface area contributed by atoms with Gasteiger partial charge < -0.3 is 15.4 Å². The fourth-order valence-corrected chi connectivity index (χ4v) is 3.92. The lowest BCUT2D eigenvalue weighted by Gasteiger charge is -2.32. The number of fused-ring (bicyclic) bond motifs is 1. The number of carbonyl (C=O) groups excluding carboxylic acids is 1. The zero-order valence-corrected chi connectivity index (χ0v) is 14.9. The van der Waals surface area contributed by atoms with Gasteiger partial charge in [-0.05, 0) is 31.9 Å². The largest absolute Gasteiger partial charge is 0.388 e. The normalized spacial score (nSPS) is 18.4. The third-order valence-electron chi connectivity index (χ3n) is 4.66. The van der Waals surface area contributed by atoms with Crippen LogP contribution in [-0.2, 0) is 4.79 Å². The summed E-state index contributed by atoms with van der Waals surface area (Å²) in [6.07, 6.45) is 4.85. The van der Waals surface area contributed by atoms with Crippen LogP contribution in [0.15, 0.2) is 24.3 Å². The molecule has 130 valence electrons. The number of rotatable bonds is 6. The number of para-hydroxylation sites is 2. The highest BCUT2D eigenvalue weighted by molar-refractivity contribution is 8.00. The quantitative estimate of drug-likeness (QED) is 0.750. The highest BCUT2D eigenvalue weighted by Gasteiger charge is 2.29. The van der Waals surface area contributed by atoms with Gasteiger partial charge in [-0.2, -0.15) is 0 Å². The Labute approximate surface area is 146 Å². The second-order valence-corrected chi connectivity index (χ2v) is 7.98. The summed E-state index contributed by atoms with van der Waals surface area (Å²) in [6.45, 7) is 2.41. The van der Waals surface area contributed by atoms with Crippen molar-refractivity contribution in [3.05, 3.63) is 30.1 Å². The van der Waals surface area contributed by atoms with Gasteiger partial charge in [-0.25, -0.2) is 4.98 Å². The van der Waals surface area contributed by atoms with E-state index < -0.39 is 5.60 Å². The molecule has 1 amide bonds. The highest BCUT2D eigenvalue weighted by Crippen LogP contribution is 2.29. The van der Waals surface area contributed by atoms with Gasteiger partial charge in [-0.3, -0.25) is 4.79 Å². The van der Waals surface area contributed by atoms with Gasteiger partial charge in [0.1, 0.15) is 5.82 Å². The number of aromatic nitrogens is 2. The van der Waals surface area contributed by atoms with Crippen molar-refractivity contribution in [2.24, 2.45) is 0 Å². The zero-order valence-electron chi connectivity index (χ0n) is 14.0. The van der Waals surface area contributed by atoms with Crippen LogP contribution in [-0.4, -0.2) is 38.9 Å². The van der Waals surface area contributed by atoms with E-state index >= 15 is 0 Å². The summed E-state index contributed by atoms with van der Waals surface area (Å²) in [4.78, 5) is 19.9. The second kappa shape index (κ2) is 7.57. The number of H-pyrrole nitrogens is 1. The minimum atomic E-state index is -0.705. The predicted molar refractivity (Wildman–Crippen MR) is 98.0 cm³/mol. The van der Waals surface area contributed by atoms with Gasteiger partial charge in [-0.15, -0.1) is 11.8 Å². The lowest BCUT2D eigenvalue weighted by atomic mass is 9.85. The molecule has 1 aliphatic carbocycles. The molecule has 3 rings (SSSR count). The van der Waals surface area contributed by atoms with Crippen molar-refractivity contribution in [2.75, 3.05) is 12.3 Å². The minimum Gasteiger partial charge on any atom is -0.388 e. The number of thioether (sulfide) groups is 1. The van der Waals surface area contributed by atoms with E-state index in [2.05, 4.69) is 15.3 Å². The number of hydrogen-bond donors (Lipinski definition) is 3. The lowest BCUT2D eigenvalue weighted by molar-refractivity contribution is -0.120. The van der Waals surface area contributed by atoms with Gasteiger partial charge in [0.25, 0.3) is 0 Å². The monoisotopic (exact) mass is 347 g/mol. The molecule has 5 nitrogen and oxygen atoms in total. The molecule has 0 bridgehead atoms. The van der Waals surface area contributed by atoms with Crippen LogP contribution in [0.5, 0.6) is 0 Å². The molecule has 2 aromatic rings. The predicted octanol–water partition coefficient (Wildman–Crippen LogP) is 3.17. The Hall–Kier alpha value is -1.53. The second-order valence-electron chi connectivity index (χ2n) is 6.65. The molecule has 1 aliphatic rings. The topological polar surface area (TPSA) is 78.0 Å². The van der Waals surface area contributed by atoms with E-state index in [1.807, 2.05) is 31.2 Å². The Kier molecular flexibility index (Phi) is 5.46. The number of hydrogen-bond acceptors (Lipinski definition) is 4. The molecular weight excluding hydrogens is 322 g/mol. The van der Waals surface area contributed by atoms with E-state index in [4.69, 9.17) is 0 Å². The maximum atomic E-state index is 12.1. The SMILES string of the molecule is C[C@H](SCC(=O)NCC1(O)CCCCC1)c1nc2ccccc2[nH]1. The fraction of sp³-hybridized carbons (Fsp3) is 0.556. The standard InChI is InChI=1S/C18H25N3O2S/c1-13(17-20-14-7-3-4-8-15(14)21-17)24-11-16(22)19-12-18(23)9-5-2-6-10-18/h3-4,7-8,13,23H,2,5-6,9-12H2,1H3,(H,19,22)(H,20,21)/t13-/m0/s1. The van der Waals surface area contributed by atoms with Crippen LogP contribution in [0, 0.1) is 0 Å². The molecule has 1 aromatic heterocycles. The van der Waals surface area contributed by atoms with E-state index in [1.54, 1.807) is 11.8 Å². The van der Waals surface area contributed by atoms with E-state index in [-0.39, 0.29) is 11.2 Å². The van der Waals surface area contributed by atoms with Crippen LogP contribution in [0.2, 0.25) is 0 Å². The molecule has 1 saturated carbocycles. The number of carbonyl (C=O) groups is 1.